The summed E-state index contributed by atoms with van der Waals surface area (Å²) in [5.74, 6) is -1.24. The van der Waals surface area contributed by atoms with Crippen molar-refractivity contribution in [1.29, 1.82) is 0 Å². The monoisotopic (exact) mass is 378 g/mol. The SMILES string of the molecule is CC[C@@H](C)[C@@H](NC(=O)[C@@H](NC(=O)OCc1ccccc1)C(C)C)C(=O)OC. The van der Waals surface area contributed by atoms with Gasteiger partial charge in [-0.25, -0.2) is 9.59 Å². The van der Waals surface area contributed by atoms with E-state index < -0.39 is 30.1 Å². The molecule has 0 bridgehead atoms. The molecule has 150 valence electrons. The number of nitrogens with one attached hydrogen (secondary N) is 2. The Morgan fingerprint density at radius 3 is 2.15 bits per heavy atom. The average molecular weight is 378 g/mol. The quantitative estimate of drug-likeness (QED) is 0.644. The Hall–Kier alpha value is -2.57. The van der Waals surface area contributed by atoms with Crippen molar-refractivity contribution in [3.05, 3.63) is 35.9 Å². The third-order valence-corrected chi connectivity index (χ3v) is 4.40. The van der Waals surface area contributed by atoms with Gasteiger partial charge in [-0.15, -0.1) is 0 Å². The van der Waals surface area contributed by atoms with Crippen molar-refractivity contribution in [2.24, 2.45) is 11.8 Å². The van der Waals surface area contributed by atoms with Gasteiger partial charge >= 0.3 is 12.1 Å². The lowest BCUT2D eigenvalue weighted by atomic mass is 9.97. The molecule has 0 spiro atoms. The van der Waals surface area contributed by atoms with Gasteiger partial charge in [0.2, 0.25) is 5.91 Å². The maximum atomic E-state index is 12.7. The van der Waals surface area contributed by atoms with Gasteiger partial charge < -0.3 is 20.1 Å². The number of carbonyl (C=O) groups excluding carboxylic acids is 3. The molecule has 2 N–H and O–H groups in total. The second kappa shape index (κ2) is 11.2. The first-order valence-corrected chi connectivity index (χ1v) is 9.15. The van der Waals surface area contributed by atoms with Crippen LogP contribution >= 0.6 is 0 Å². The smallest absolute Gasteiger partial charge is 0.408 e. The van der Waals surface area contributed by atoms with Crippen LogP contribution in [0, 0.1) is 11.8 Å². The topological polar surface area (TPSA) is 93.7 Å². The van der Waals surface area contributed by atoms with Gasteiger partial charge in [-0.2, -0.15) is 0 Å². The molecule has 0 aliphatic carbocycles. The first-order chi connectivity index (χ1) is 12.8. The highest BCUT2D eigenvalue weighted by atomic mass is 16.5. The molecule has 1 aromatic carbocycles. The van der Waals surface area contributed by atoms with Crippen LogP contribution in [0.5, 0.6) is 0 Å². The van der Waals surface area contributed by atoms with Crippen molar-refractivity contribution in [3.8, 4) is 0 Å². The van der Waals surface area contributed by atoms with Crippen molar-refractivity contribution in [2.75, 3.05) is 7.11 Å². The molecule has 0 aromatic heterocycles. The molecule has 0 heterocycles. The Labute approximate surface area is 160 Å². The lowest BCUT2D eigenvalue weighted by molar-refractivity contribution is -0.147. The molecular weight excluding hydrogens is 348 g/mol. The van der Waals surface area contributed by atoms with Gasteiger partial charge in [0.1, 0.15) is 18.7 Å². The van der Waals surface area contributed by atoms with Gasteiger partial charge in [-0.1, -0.05) is 64.4 Å². The van der Waals surface area contributed by atoms with Crippen LogP contribution in [0.3, 0.4) is 0 Å². The molecule has 7 heteroatoms. The molecule has 2 amide bonds. The summed E-state index contributed by atoms with van der Waals surface area (Å²) in [6.07, 6.45) is 0.00437. The van der Waals surface area contributed by atoms with Gasteiger partial charge in [0.25, 0.3) is 0 Å². The molecule has 7 nitrogen and oxygen atoms in total. The highest BCUT2D eigenvalue weighted by Gasteiger charge is 2.32. The summed E-state index contributed by atoms with van der Waals surface area (Å²) in [5.41, 5.74) is 0.848. The van der Waals surface area contributed by atoms with E-state index in [2.05, 4.69) is 10.6 Å². The third-order valence-electron chi connectivity index (χ3n) is 4.40. The minimum atomic E-state index is -0.829. The molecule has 0 unspecified atom stereocenters. The van der Waals surface area contributed by atoms with Crippen molar-refractivity contribution in [1.82, 2.24) is 10.6 Å². The van der Waals surface area contributed by atoms with E-state index in [0.29, 0.717) is 6.42 Å². The van der Waals surface area contributed by atoms with E-state index in [1.807, 2.05) is 44.2 Å². The minimum Gasteiger partial charge on any atom is -0.467 e. The normalized spacial score (nSPS) is 14.0. The van der Waals surface area contributed by atoms with E-state index in [4.69, 9.17) is 9.47 Å². The van der Waals surface area contributed by atoms with Crippen LogP contribution in [0.4, 0.5) is 4.79 Å². The van der Waals surface area contributed by atoms with E-state index >= 15 is 0 Å². The molecule has 0 saturated heterocycles. The minimum absolute atomic E-state index is 0.0979. The average Bonchev–Trinajstić information content (AvgIpc) is 2.67. The fourth-order valence-corrected chi connectivity index (χ4v) is 2.47. The van der Waals surface area contributed by atoms with E-state index in [9.17, 15) is 14.4 Å². The standard InChI is InChI=1S/C20H30N2O5/c1-6-14(4)17(19(24)26-5)21-18(23)16(13(2)3)22-20(25)27-12-15-10-8-7-9-11-15/h7-11,13-14,16-17H,6,12H2,1-5H3,(H,21,23)(H,22,25)/t14-,16+,17-/m1/s1. The first kappa shape index (κ1) is 22.5. The number of esters is 1. The molecular formula is C20H30N2O5. The number of hydrogen-bond acceptors (Lipinski definition) is 5. The summed E-state index contributed by atoms with van der Waals surface area (Å²) in [5, 5.41) is 5.28. The molecule has 0 fully saturated rings. The predicted octanol–water partition coefficient (Wildman–Crippen LogP) is 2.64. The van der Waals surface area contributed by atoms with Crippen LogP contribution < -0.4 is 10.6 Å². The summed E-state index contributed by atoms with van der Waals surface area (Å²) in [6, 6.07) is 7.66. The lowest BCUT2D eigenvalue weighted by Crippen LogP contribution is -2.55. The predicted molar refractivity (Wildman–Crippen MR) is 102 cm³/mol. The number of amides is 2. The molecule has 0 aliphatic heterocycles. The molecule has 0 saturated carbocycles. The molecule has 0 radical (unpaired) electrons. The van der Waals surface area contributed by atoms with Crippen molar-refractivity contribution >= 4 is 18.0 Å². The van der Waals surface area contributed by atoms with E-state index in [1.54, 1.807) is 13.8 Å². The van der Waals surface area contributed by atoms with E-state index in [1.165, 1.54) is 7.11 Å². The first-order valence-electron chi connectivity index (χ1n) is 9.15. The number of alkyl carbamates (subject to hydrolysis) is 1. The summed E-state index contributed by atoms with van der Waals surface area (Å²) >= 11 is 0. The zero-order valence-electron chi connectivity index (χ0n) is 16.7. The lowest BCUT2D eigenvalue weighted by Gasteiger charge is -2.26. The summed E-state index contributed by atoms with van der Waals surface area (Å²) in [7, 11) is 1.28. The van der Waals surface area contributed by atoms with Crippen LogP contribution in [-0.4, -0.2) is 37.2 Å². The highest BCUT2D eigenvalue weighted by molar-refractivity contribution is 5.89. The Kier molecular flexibility index (Phi) is 9.33. The Balaban J connectivity index is 2.71. The van der Waals surface area contributed by atoms with Crippen LogP contribution in [0.15, 0.2) is 30.3 Å². The molecule has 27 heavy (non-hydrogen) atoms. The Bertz CT molecular complexity index is 618. The van der Waals surface area contributed by atoms with Crippen LogP contribution in [0.1, 0.15) is 39.7 Å². The van der Waals surface area contributed by atoms with Crippen molar-refractivity contribution in [3.63, 3.8) is 0 Å². The Morgan fingerprint density at radius 2 is 1.63 bits per heavy atom. The summed E-state index contributed by atoms with van der Waals surface area (Å²) in [6.45, 7) is 7.49. The number of carbonyl (C=O) groups is 3. The highest BCUT2D eigenvalue weighted by Crippen LogP contribution is 2.11. The van der Waals surface area contributed by atoms with Crippen LogP contribution in [0.2, 0.25) is 0 Å². The fraction of sp³-hybridized carbons (Fsp3) is 0.550. The summed E-state index contributed by atoms with van der Waals surface area (Å²) in [4.78, 5) is 36.7. The molecule has 3 atom stereocenters. The largest absolute Gasteiger partial charge is 0.467 e. The maximum Gasteiger partial charge on any atom is 0.408 e. The number of ether oxygens (including phenoxy) is 2. The van der Waals surface area contributed by atoms with Gasteiger partial charge in [0, 0.05) is 0 Å². The maximum absolute atomic E-state index is 12.7. The van der Waals surface area contributed by atoms with Crippen molar-refractivity contribution in [2.45, 2.75) is 52.8 Å². The molecule has 1 aromatic rings. The van der Waals surface area contributed by atoms with Gasteiger partial charge in [-0.05, 0) is 17.4 Å². The van der Waals surface area contributed by atoms with Crippen LogP contribution in [0.25, 0.3) is 0 Å². The summed E-state index contributed by atoms with van der Waals surface area (Å²) < 4.78 is 9.96. The number of methoxy groups -OCH3 is 1. The fourth-order valence-electron chi connectivity index (χ4n) is 2.47. The van der Waals surface area contributed by atoms with E-state index in [0.717, 1.165) is 5.56 Å². The second-order valence-corrected chi connectivity index (χ2v) is 6.82. The second-order valence-electron chi connectivity index (χ2n) is 6.82. The number of benzene rings is 1. The van der Waals surface area contributed by atoms with Gasteiger partial charge in [0.15, 0.2) is 0 Å². The van der Waals surface area contributed by atoms with Gasteiger partial charge in [0.05, 0.1) is 7.11 Å². The zero-order chi connectivity index (χ0) is 20.4. The third kappa shape index (κ3) is 7.29. The van der Waals surface area contributed by atoms with Gasteiger partial charge in [-0.3, -0.25) is 4.79 Å². The number of rotatable bonds is 9. The van der Waals surface area contributed by atoms with Crippen molar-refractivity contribution < 1.29 is 23.9 Å². The molecule has 0 aliphatic rings. The zero-order valence-corrected chi connectivity index (χ0v) is 16.7. The number of hydrogen-bond donors (Lipinski definition) is 2. The van der Waals surface area contributed by atoms with Crippen LogP contribution in [-0.2, 0) is 25.7 Å². The van der Waals surface area contributed by atoms with E-state index in [-0.39, 0.29) is 18.4 Å². The Morgan fingerprint density at radius 1 is 1.00 bits per heavy atom. The molecule has 1 rings (SSSR count).